The van der Waals surface area contributed by atoms with Crippen molar-refractivity contribution in [2.75, 3.05) is 19.7 Å². The van der Waals surface area contributed by atoms with Gasteiger partial charge in [0.15, 0.2) is 0 Å². The third-order valence-electron chi connectivity index (χ3n) is 7.00. The molecule has 2 aromatic carbocycles. The molecular weight excluding hydrogens is 383 g/mol. The summed E-state index contributed by atoms with van der Waals surface area (Å²) in [5.41, 5.74) is 2.33. The van der Waals surface area contributed by atoms with Crippen LogP contribution < -0.4 is 0 Å². The van der Waals surface area contributed by atoms with E-state index in [1.807, 2.05) is 24.3 Å². The van der Waals surface area contributed by atoms with Crippen LogP contribution in [0.5, 0.6) is 0 Å². The van der Waals surface area contributed by atoms with E-state index in [4.69, 9.17) is 0 Å². The van der Waals surface area contributed by atoms with E-state index in [-0.39, 0.29) is 54.7 Å². The largest absolute Gasteiger partial charge is 0.394 e. The molecule has 1 saturated carbocycles. The minimum absolute atomic E-state index is 0.0365. The van der Waals surface area contributed by atoms with E-state index in [2.05, 4.69) is 0 Å². The molecule has 0 spiro atoms. The van der Waals surface area contributed by atoms with Crippen molar-refractivity contribution in [3.05, 3.63) is 59.9 Å². The number of aliphatic hydroxyl groups excluding tert-OH is 1. The topological polar surface area (TPSA) is 60.9 Å². The Kier molecular flexibility index (Phi) is 4.82. The second-order valence-electron chi connectivity index (χ2n) is 8.59. The third-order valence-corrected chi connectivity index (χ3v) is 7.00. The van der Waals surface area contributed by atoms with Gasteiger partial charge >= 0.3 is 0 Å². The predicted octanol–water partition coefficient (Wildman–Crippen LogP) is 2.79. The molecule has 156 valence electrons. The van der Waals surface area contributed by atoms with E-state index >= 15 is 0 Å². The minimum Gasteiger partial charge on any atom is -0.394 e. The number of amides is 2. The van der Waals surface area contributed by atoms with Gasteiger partial charge in [-0.05, 0) is 30.0 Å². The molecule has 2 saturated heterocycles. The molecule has 1 aliphatic carbocycles. The fraction of sp³-hybridized carbons (Fsp3) is 0.417. The lowest BCUT2D eigenvalue weighted by Crippen LogP contribution is -2.73. The van der Waals surface area contributed by atoms with E-state index in [0.29, 0.717) is 12.1 Å². The molecule has 30 heavy (non-hydrogen) atoms. The highest BCUT2D eigenvalue weighted by Gasteiger charge is 2.54. The summed E-state index contributed by atoms with van der Waals surface area (Å²) in [6.45, 7) is 0.511. The highest BCUT2D eigenvalue weighted by Crippen LogP contribution is 2.44. The Balaban J connectivity index is 1.38. The van der Waals surface area contributed by atoms with Crippen molar-refractivity contribution in [1.29, 1.82) is 0 Å². The van der Waals surface area contributed by atoms with Gasteiger partial charge in [-0.1, -0.05) is 48.9 Å². The van der Waals surface area contributed by atoms with Gasteiger partial charge in [0, 0.05) is 23.9 Å². The number of aliphatic hydroxyl groups is 1. The molecule has 0 unspecified atom stereocenters. The Morgan fingerprint density at radius 3 is 2.47 bits per heavy atom. The van der Waals surface area contributed by atoms with Gasteiger partial charge < -0.3 is 14.9 Å². The van der Waals surface area contributed by atoms with Crippen molar-refractivity contribution >= 4 is 11.8 Å². The van der Waals surface area contributed by atoms with Gasteiger partial charge in [-0.25, -0.2) is 4.39 Å². The zero-order chi connectivity index (χ0) is 20.8. The normalized spacial score (nSPS) is 26.1. The second-order valence-corrected chi connectivity index (χ2v) is 8.59. The molecule has 5 nitrogen and oxygen atoms in total. The van der Waals surface area contributed by atoms with Crippen LogP contribution in [0.15, 0.2) is 48.5 Å². The third kappa shape index (κ3) is 3.01. The molecule has 2 heterocycles. The number of hydrogen-bond acceptors (Lipinski definition) is 3. The van der Waals surface area contributed by atoms with Crippen molar-refractivity contribution in [1.82, 2.24) is 9.80 Å². The molecule has 0 aromatic heterocycles. The van der Waals surface area contributed by atoms with Crippen molar-refractivity contribution in [3.63, 3.8) is 0 Å². The first kappa shape index (κ1) is 19.2. The smallest absolute Gasteiger partial charge is 0.242 e. The molecule has 1 N–H and O–H groups in total. The summed E-state index contributed by atoms with van der Waals surface area (Å²) in [6.07, 6.45) is 2.91. The van der Waals surface area contributed by atoms with Gasteiger partial charge in [0.2, 0.25) is 11.8 Å². The van der Waals surface area contributed by atoms with Crippen LogP contribution in [0.4, 0.5) is 4.39 Å². The highest BCUT2D eigenvalue weighted by molar-refractivity contribution is 5.89. The number of carbonyl (C=O) groups is 2. The van der Waals surface area contributed by atoms with Crippen LogP contribution >= 0.6 is 0 Å². The van der Waals surface area contributed by atoms with Gasteiger partial charge in [-0.3, -0.25) is 9.59 Å². The molecule has 3 aliphatic rings. The van der Waals surface area contributed by atoms with Crippen molar-refractivity contribution in [2.45, 2.75) is 37.3 Å². The monoisotopic (exact) mass is 408 g/mol. The van der Waals surface area contributed by atoms with E-state index in [9.17, 15) is 19.1 Å². The van der Waals surface area contributed by atoms with Crippen LogP contribution in [0.2, 0.25) is 0 Å². The maximum absolute atomic E-state index is 14.1. The van der Waals surface area contributed by atoms with Gasteiger partial charge in [0.05, 0.1) is 25.2 Å². The lowest BCUT2D eigenvalue weighted by molar-refractivity contribution is -0.169. The number of benzene rings is 2. The maximum atomic E-state index is 14.1. The second kappa shape index (κ2) is 7.51. The Morgan fingerprint density at radius 2 is 1.83 bits per heavy atom. The van der Waals surface area contributed by atoms with E-state index in [0.717, 1.165) is 30.4 Å². The van der Waals surface area contributed by atoms with Gasteiger partial charge in [0.1, 0.15) is 5.82 Å². The van der Waals surface area contributed by atoms with Gasteiger partial charge in [0.25, 0.3) is 0 Å². The number of rotatable bonds is 4. The summed E-state index contributed by atoms with van der Waals surface area (Å²) in [5.74, 6) is -0.231. The molecule has 2 aliphatic heterocycles. The summed E-state index contributed by atoms with van der Waals surface area (Å²) < 4.78 is 14.1. The van der Waals surface area contributed by atoms with Crippen LogP contribution in [0.25, 0.3) is 11.1 Å². The van der Waals surface area contributed by atoms with Gasteiger partial charge in [-0.2, -0.15) is 0 Å². The molecule has 0 radical (unpaired) electrons. The van der Waals surface area contributed by atoms with Crippen LogP contribution in [-0.4, -0.2) is 58.5 Å². The first-order valence-corrected chi connectivity index (χ1v) is 10.6. The Labute approximate surface area is 175 Å². The number of carbonyl (C=O) groups excluding carboxylic acids is 2. The van der Waals surface area contributed by atoms with Crippen LogP contribution in [0.1, 0.15) is 30.7 Å². The van der Waals surface area contributed by atoms with Crippen LogP contribution in [0, 0.1) is 11.7 Å². The predicted molar refractivity (Wildman–Crippen MR) is 110 cm³/mol. The fourth-order valence-corrected chi connectivity index (χ4v) is 5.16. The zero-order valence-corrected chi connectivity index (χ0v) is 16.7. The summed E-state index contributed by atoms with van der Waals surface area (Å²) in [7, 11) is 0. The molecule has 6 heteroatoms. The van der Waals surface area contributed by atoms with Crippen LogP contribution in [-0.2, 0) is 9.59 Å². The summed E-state index contributed by atoms with van der Waals surface area (Å²) in [5, 5.41) is 9.93. The average Bonchev–Trinajstić information content (AvgIpc) is 2.69. The number of fused-ring (bicyclic) bond motifs is 1. The van der Waals surface area contributed by atoms with Crippen molar-refractivity contribution in [3.8, 4) is 11.1 Å². The molecule has 3 fully saturated rings. The average molecular weight is 408 g/mol. The van der Waals surface area contributed by atoms with E-state index in [1.165, 1.54) is 6.07 Å². The van der Waals surface area contributed by atoms with Crippen molar-refractivity contribution < 1.29 is 19.1 Å². The summed E-state index contributed by atoms with van der Waals surface area (Å²) in [6, 6.07) is 13.9. The highest BCUT2D eigenvalue weighted by atomic mass is 19.1. The first-order chi connectivity index (χ1) is 14.6. The molecule has 2 aromatic rings. The van der Waals surface area contributed by atoms with Crippen LogP contribution in [0.3, 0.4) is 0 Å². The molecule has 3 atom stereocenters. The fourth-order valence-electron chi connectivity index (χ4n) is 5.16. The van der Waals surface area contributed by atoms with E-state index in [1.54, 1.807) is 28.0 Å². The number of hydrogen-bond donors (Lipinski definition) is 1. The number of nitrogens with zero attached hydrogens (tertiary/aromatic N) is 2. The van der Waals surface area contributed by atoms with Gasteiger partial charge in [-0.15, -0.1) is 0 Å². The Morgan fingerprint density at radius 1 is 1.10 bits per heavy atom. The molecule has 0 bridgehead atoms. The number of halogens is 1. The first-order valence-electron chi connectivity index (χ1n) is 10.6. The Bertz CT molecular complexity index is 973. The summed E-state index contributed by atoms with van der Waals surface area (Å²) >= 11 is 0. The summed E-state index contributed by atoms with van der Waals surface area (Å²) in [4.78, 5) is 28.9. The van der Waals surface area contributed by atoms with E-state index < -0.39 is 0 Å². The maximum Gasteiger partial charge on any atom is 0.242 e. The lowest BCUT2D eigenvalue weighted by Gasteiger charge is -2.59. The molecule has 5 rings (SSSR count). The zero-order valence-electron chi connectivity index (χ0n) is 16.7. The molecule has 2 amide bonds. The molecular formula is C24H25FN2O3. The SMILES string of the molecule is O=C(C1CCC1)N1CC(=O)N2[C@@H](CO)[C@@H](c3ccc(-c4ccccc4F)cc3)[C@@H]2C1. The van der Waals surface area contributed by atoms with Crippen molar-refractivity contribution in [2.24, 2.45) is 5.92 Å². The minimum atomic E-state index is -0.275. The quantitative estimate of drug-likeness (QED) is 0.846. The number of piperazine rings is 1. The Hall–Kier alpha value is -2.73. The lowest BCUT2D eigenvalue weighted by atomic mass is 9.73. The standard InChI is InChI=1S/C24H25FN2O3/c25-19-7-2-1-6-18(19)15-8-10-16(11-9-15)23-20-12-26(24(30)17-4-3-5-17)13-22(29)27(20)21(23)14-28/h1-2,6-11,17,20-21,23,28H,3-5,12-14H2/t20-,21-,23-/m0/s1.